The Hall–Kier alpha value is -0.0431. The van der Waals surface area contributed by atoms with Crippen LogP contribution in [0.4, 0.5) is 0 Å². The molecule has 0 aromatic rings. The molecule has 70 valence electrons. The van der Waals surface area contributed by atoms with Gasteiger partial charge in [-0.25, -0.2) is 0 Å². The molecule has 0 aromatic carbocycles. The summed E-state index contributed by atoms with van der Waals surface area (Å²) in [5.41, 5.74) is 1.07. The normalized spacial score (nSPS) is 30.6. The third-order valence-electron chi connectivity index (χ3n) is 3.24. The molecule has 1 aliphatic carbocycles. The second-order valence-corrected chi connectivity index (χ2v) is 10.7. The third kappa shape index (κ3) is 2.22. The maximum atomic E-state index is 3.86. The second-order valence-electron chi connectivity index (χ2n) is 5.19. The van der Waals surface area contributed by atoms with Crippen LogP contribution in [0.1, 0.15) is 25.7 Å². The zero-order chi connectivity index (χ0) is 9.19. The molecule has 0 aliphatic heterocycles. The first-order valence-electron chi connectivity index (χ1n) is 5.16. The smallest absolute Gasteiger partial charge is 0.0476 e. The molecule has 0 bridgehead atoms. The predicted molar refractivity (Wildman–Crippen MR) is 59.3 cm³/mol. The van der Waals surface area contributed by atoms with Crippen molar-refractivity contribution in [1.29, 1.82) is 0 Å². The number of hydrogen-bond donors (Lipinski definition) is 0. The van der Waals surface area contributed by atoms with Crippen molar-refractivity contribution in [2.24, 2.45) is 5.92 Å². The fourth-order valence-electron chi connectivity index (χ4n) is 2.67. The highest BCUT2D eigenvalue weighted by molar-refractivity contribution is 6.77. The van der Waals surface area contributed by atoms with E-state index in [2.05, 4.69) is 32.3 Å². The second kappa shape index (κ2) is 3.78. The first-order valence-corrected chi connectivity index (χ1v) is 8.74. The van der Waals surface area contributed by atoms with Crippen molar-refractivity contribution in [3.63, 3.8) is 0 Å². The molecule has 0 spiro atoms. The Morgan fingerprint density at radius 1 is 1.33 bits per heavy atom. The molecule has 0 heterocycles. The molecule has 0 N–H and O–H groups in total. The Bertz CT molecular complexity index is 155. The summed E-state index contributed by atoms with van der Waals surface area (Å²) in [4.78, 5) is 0. The monoisotopic (exact) mass is 182 g/mol. The van der Waals surface area contributed by atoms with Crippen LogP contribution in [0.15, 0.2) is 12.7 Å². The molecular weight excluding hydrogens is 160 g/mol. The van der Waals surface area contributed by atoms with Crippen LogP contribution in [0.2, 0.25) is 25.2 Å². The minimum Gasteiger partial charge on any atom is -0.103 e. The van der Waals surface area contributed by atoms with Gasteiger partial charge in [0.05, 0.1) is 0 Å². The quantitative estimate of drug-likeness (QED) is 0.456. The van der Waals surface area contributed by atoms with Gasteiger partial charge in [-0.3, -0.25) is 0 Å². The van der Waals surface area contributed by atoms with Gasteiger partial charge in [-0.05, 0) is 17.9 Å². The molecule has 2 atom stereocenters. The lowest BCUT2D eigenvalue weighted by Crippen LogP contribution is -2.30. The van der Waals surface area contributed by atoms with Gasteiger partial charge in [0, 0.05) is 8.07 Å². The maximum Gasteiger partial charge on any atom is 0.0476 e. The summed E-state index contributed by atoms with van der Waals surface area (Å²) in [6.07, 6.45) is 7.79. The van der Waals surface area contributed by atoms with Gasteiger partial charge in [-0.2, -0.15) is 0 Å². The van der Waals surface area contributed by atoms with Gasteiger partial charge in [0.25, 0.3) is 0 Å². The van der Waals surface area contributed by atoms with Crippen LogP contribution in [0.3, 0.4) is 0 Å². The Labute approximate surface area is 78.1 Å². The van der Waals surface area contributed by atoms with E-state index in [-0.39, 0.29) is 0 Å². The molecule has 12 heavy (non-hydrogen) atoms. The van der Waals surface area contributed by atoms with Crippen LogP contribution < -0.4 is 0 Å². The average Bonchev–Trinajstić information content (AvgIpc) is 2.34. The molecule has 1 fully saturated rings. The molecule has 1 saturated carbocycles. The van der Waals surface area contributed by atoms with Crippen LogP contribution >= 0.6 is 0 Å². The largest absolute Gasteiger partial charge is 0.103 e. The summed E-state index contributed by atoms with van der Waals surface area (Å²) in [6.45, 7) is 11.4. The summed E-state index contributed by atoms with van der Waals surface area (Å²) < 4.78 is 0. The van der Waals surface area contributed by atoms with E-state index in [4.69, 9.17) is 0 Å². The van der Waals surface area contributed by atoms with Gasteiger partial charge in [0.15, 0.2) is 0 Å². The number of allylic oxidation sites excluding steroid dienone is 1. The van der Waals surface area contributed by atoms with E-state index < -0.39 is 8.07 Å². The van der Waals surface area contributed by atoms with E-state index in [0.29, 0.717) is 0 Å². The van der Waals surface area contributed by atoms with Crippen molar-refractivity contribution in [3.8, 4) is 0 Å². The minimum atomic E-state index is -0.872. The van der Waals surface area contributed by atoms with Crippen LogP contribution in [-0.4, -0.2) is 8.07 Å². The zero-order valence-corrected chi connectivity index (χ0v) is 9.77. The van der Waals surface area contributed by atoms with Crippen molar-refractivity contribution in [1.82, 2.24) is 0 Å². The summed E-state index contributed by atoms with van der Waals surface area (Å²) >= 11 is 0. The van der Waals surface area contributed by atoms with Gasteiger partial charge in [0.1, 0.15) is 0 Å². The van der Waals surface area contributed by atoms with Crippen molar-refractivity contribution < 1.29 is 0 Å². The molecule has 0 radical (unpaired) electrons. The van der Waals surface area contributed by atoms with Gasteiger partial charge >= 0.3 is 0 Å². The highest BCUT2D eigenvalue weighted by atomic mass is 28.3. The molecule has 1 heteroatoms. The zero-order valence-electron chi connectivity index (χ0n) is 8.77. The van der Waals surface area contributed by atoms with E-state index >= 15 is 0 Å². The SMILES string of the molecule is C=CCC1CCCC1[Si](C)(C)C. The predicted octanol–water partition coefficient (Wildman–Crippen LogP) is 4.07. The molecule has 1 rings (SSSR count). The Morgan fingerprint density at radius 3 is 2.50 bits per heavy atom. The molecule has 0 aromatic heterocycles. The van der Waals surface area contributed by atoms with Crippen LogP contribution in [0.25, 0.3) is 0 Å². The van der Waals surface area contributed by atoms with E-state index in [1.807, 2.05) is 0 Å². The van der Waals surface area contributed by atoms with Gasteiger partial charge in [-0.1, -0.05) is 45.0 Å². The summed E-state index contributed by atoms with van der Waals surface area (Å²) in [5.74, 6) is 0.981. The van der Waals surface area contributed by atoms with Crippen molar-refractivity contribution in [2.45, 2.75) is 50.9 Å². The van der Waals surface area contributed by atoms with E-state index in [0.717, 1.165) is 11.5 Å². The molecular formula is C11H22Si. The lowest BCUT2D eigenvalue weighted by atomic mass is 10.0. The minimum absolute atomic E-state index is 0.872. The summed E-state index contributed by atoms with van der Waals surface area (Å²) in [7, 11) is -0.872. The van der Waals surface area contributed by atoms with Crippen molar-refractivity contribution >= 4 is 8.07 Å². The van der Waals surface area contributed by atoms with Gasteiger partial charge < -0.3 is 0 Å². The Kier molecular flexibility index (Phi) is 3.16. The van der Waals surface area contributed by atoms with Crippen molar-refractivity contribution in [3.05, 3.63) is 12.7 Å². The number of hydrogen-bond acceptors (Lipinski definition) is 0. The summed E-state index contributed by atoms with van der Waals surface area (Å²) in [6, 6.07) is 0. The first kappa shape index (κ1) is 10.0. The highest BCUT2D eigenvalue weighted by Crippen LogP contribution is 2.45. The summed E-state index contributed by atoms with van der Waals surface area (Å²) in [5, 5.41) is 0. The molecule has 2 unspecified atom stereocenters. The molecule has 0 saturated heterocycles. The lowest BCUT2D eigenvalue weighted by molar-refractivity contribution is 0.546. The van der Waals surface area contributed by atoms with Crippen LogP contribution in [-0.2, 0) is 0 Å². The first-order chi connectivity index (χ1) is 5.55. The Balaban J connectivity index is 2.57. The molecule has 0 nitrogen and oxygen atoms in total. The highest BCUT2D eigenvalue weighted by Gasteiger charge is 2.35. The standard InChI is InChI=1S/C11H22Si/c1-5-7-10-8-6-9-11(10)12(2,3)4/h5,10-11H,1,6-9H2,2-4H3. The third-order valence-corrected chi connectivity index (χ3v) is 6.23. The van der Waals surface area contributed by atoms with E-state index in [9.17, 15) is 0 Å². The molecule has 0 amide bonds. The van der Waals surface area contributed by atoms with E-state index in [1.54, 1.807) is 0 Å². The van der Waals surface area contributed by atoms with E-state index in [1.165, 1.54) is 25.7 Å². The maximum absolute atomic E-state index is 3.86. The molecule has 1 aliphatic rings. The Morgan fingerprint density at radius 2 is 2.00 bits per heavy atom. The fourth-order valence-corrected chi connectivity index (χ4v) is 5.46. The van der Waals surface area contributed by atoms with Gasteiger partial charge in [-0.15, -0.1) is 6.58 Å². The number of rotatable bonds is 3. The fraction of sp³-hybridized carbons (Fsp3) is 0.818. The van der Waals surface area contributed by atoms with Crippen LogP contribution in [0.5, 0.6) is 0 Å². The lowest BCUT2D eigenvalue weighted by Gasteiger charge is -2.30. The van der Waals surface area contributed by atoms with Crippen LogP contribution in [0, 0.1) is 5.92 Å². The van der Waals surface area contributed by atoms with Gasteiger partial charge in [0.2, 0.25) is 0 Å². The topological polar surface area (TPSA) is 0 Å². The average molecular weight is 182 g/mol. The van der Waals surface area contributed by atoms with Crippen molar-refractivity contribution in [2.75, 3.05) is 0 Å².